The van der Waals surface area contributed by atoms with E-state index in [4.69, 9.17) is 11.6 Å². The van der Waals surface area contributed by atoms with Gasteiger partial charge in [0.25, 0.3) is 0 Å². The first-order chi connectivity index (χ1) is 7.52. The van der Waals surface area contributed by atoms with Crippen molar-refractivity contribution in [1.29, 1.82) is 0 Å². The summed E-state index contributed by atoms with van der Waals surface area (Å²) in [5.41, 5.74) is 0. The van der Waals surface area contributed by atoms with Crippen molar-refractivity contribution in [2.75, 3.05) is 6.61 Å². The quantitative estimate of drug-likeness (QED) is 0.467. The van der Waals surface area contributed by atoms with Crippen molar-refractivity contribution in [1.82, 2.24) is 0 Å². The molecule has 0 bridgehead atoms. The van der Waals surface area contributed by atoms with Gasteiger partial charge in [-0.05, 0) is 36.9 Å². The number of thioether (sulfide) groups is 1. The van der Waals surface area contributed by atoms with Gasteiger partial charge >= 0.3 is 11.1 Å². The van der Waals surface area contributed by atoms with Crippen molar-refractivity contribution >= 4 is 34.4 Å². The molecule has 0 radical (unpaired) electrons. The van der Waals surface area contributed by atoms with Crippen molar-refractivity contribution in [2.45, 2.75) is 11.8 Å². The molecule has 1 aromatic rings. The zero-order chi connectivity index (χ0) is 12.1. The first-order valence-corrected chi connectivity index (χ1v) is 5.57. The van der Waals surface area contributed by atoms with Gasteiger partial charge in [-0.2, -0.15) is 0 Å². The number of carbonyl (C=O) groups is 2. The van der Waals surface area contributed by atoms with E-state index in [1.165, 1.54) is 6.07 Å². The second-order valence-corrected chi connectivity index (χ2v) is 4.20. The lowest BCUT2D eigenvalue weighted by Crippen LogP contribution is -2.13. The molecule has 6 heteroatoms. The summed E-state index contributed by atoms with van der Waals surface area (Å²) in [6.45, 7) is 1.71. The molecule has 0 aliphatic heterocycles. The lowest BCUT2D eigenvalue weighted by molar-refractivity contribution is -0.149. The van der Waals surface area contributed by atoms with Crippen LogP contribution in [0.2, 0.25) is 5.02 Å². The van der Waals surface area contributed by atoms with Gasteiger partial charge in [-0.25, -0.2) is 9.18 Å². The summed E-state index contributed by atoms with van der Waals surface area (Å²) in [4.78, 5) is 22.5. The normalized spacial score (nSPS) is 9.94. The van der Waals surface area contributed by atoms with Crippen molar-refractivity contribution in [2.24, 2.45) is 0 Å². The first kappa shape index (κ1) is 13.0. The number of hydrogen-bond acceptors (Lipinski definition) is 4. The molecule has 0 unspecified atom stereocenters. The van der Waals surface area contributed by atoms with Gasteiger partial charge in [0.05, 0.1) is 6.61 Å². The minimum Gasteiger partial charge on any atom is -0.460 e. The van der Waals surface area contributed by atoms with E-state index < -0.39 is 16.9 Å². The SMILES string of the molecule is CCOC(=O)C(=O)Sc1cc(F)cc(Cl)c1. The van der Waals surface area contributed by atoms with Crippen LogP contribution >= 0.6 is 23.4 Å². The molecule has 0 atom stereocenters. The summed E-state index contributed by atoms with van der Waals surface area (Å²) in [6.07, 6.45) is 0. The maximum atomic E-state index is 12.9. The molecule has 0 saturated carbocycles. The Morgan fingerprint density at radius 1 is 1.44 bits per heavy atom. The number of hydrogen-bond donors (Lipinski definition) is 0. The Kier molecular flexibility index (Phi) is 4.76. The van der Waals surface area contributed by atoms with Gasteiger partial charge in [0, 0.05) is 9.92 Å². The third-order valence-electron chi connectivity index (χ3n) is 1.49. The molecule has 16 heavy (non-hydrogen) atoms. The van der Waals surface area contributed by atoms with Crippen LogP contribution in [0.25, 0.3) is 0 Å². The zero-order valence-electron chi connectivity index (χ0n) is 8.33. The highest BCUT2D eigenvalue weighted by Crippen LogP contribution is 2.24. The van der Waals surface area contributed by atoms with E-state index in [2.05, 4.69) is 4.74 Å². The second-order valence-electron chi connectivity index (χ2n) is 2.72. The molecular formula is C10H8ClFO3S. The molecule has 0 fully saturated rings. The van der Waals surface area contributed by atoms with Gasteiger partial charge in [0.1, 0.15) is 5.82 Å². The van der Waals surface area contributed by atoms with Crippen molar-refractivity contribution in [3.63, 3.8) is 0 Å². The minimum absolute atomic E-state index is 0.120. The average molecular weight is 263 g/mol. The highest BCUT2D eigenvalue weighted by atomic mass is 35.5. The summed E-state index contributed by atoms with van der Waals surface area (Å²) in [7, 11) is 0. The van der Waals surface area contributed by atoms with Crippen LogP contribution in [0.1, 0.15) is 6.92 Å². The van der Waals surface area contributed by atoms with Crippen LogP contribution in [-0.2, 0) is 14.3 Å². The predicted molar refractivity (Wildman–Crippen MR) is 58.9 cm³/mol. The van der Waals surface area contributed by atoms with Crippen LogP contribution in [0.15, 0.2) is 23.1 Å². The zero-order valence-corrected chi connectivity index (χ0v) is 9.90. The van der Waals surface area contributed by atoms with E-state index in [9.17, 15) is 14.0 Å². The van der Waals surface area contributed by atoms with E-state index >= 15 is 0 Å². The Morgan fingerprint density at radius 3 is 2.69 bits per heavy atom. The predicted octanol–water partition coefficient (Wildman–Crippen LogP) is 2.66. The molecule has 0 N–H and O–H groups in total. The van der Waals surface area contributed by atoms with Crippen molar-refractivity contribution in [3.05, 3.63) is 29.0 Å². The maximum absolute atomic E-state index is 12.9. The largest absolute Gasteiger partial charge is 0.460 e. The van der Waals surface area contributed by atoms with Gasteiger partial charge in [-0.1, -0.05) is 11.6 Å². The highest BCUT2D eigenvalue weighted by molar-refractivity contribution is 8.15. The van der Waals surface area contributed by atoms with Crippen molar-refractivity contribution in [3.8, 4) is 0 Å². The lowest BCUT2D eigenvalue weighted by atomic mass is 10.3. The molecule has 1 aromatic carbocycles. The van der Waals surface area contributed by atoms with Crippen LogP contribution in [0, 0.1) is 5.82 Å². The van der Waals surface area contributed by atoms with Crippen LogP contribution < -0.4 is 0 Å². The molecule has 0 aliphatic rings. The molecule has 3 nitrogen and oxygen atoms in total. The number of rotatable bonds is 2. The number of esters is 1. The smallest absolute Gasteiger partial charge is 0.386 e. The lowest BCUT2D eigenvalue weighted by Gasteiger charge is -2.01. The topological polar surface area (TPSA) is 43.4 Å². The van der Waals surface area contributed by atoms with Gasteiger partial charge in [0.2, 0.25) is 0 Å². The molecule has 0 aromatic heterocycles. The van der Waals surface area contributed by atoms with E-state index in [0.717, 1.165) is 12.1 Å². The molecule has 0 aliphatic carbocycles. The minimum atomic E-state index is -0.951. The van der Waals surface area contributed by atoms with Crippen LogP contribution in [0.3, 0.4) is 0 Å². The molecular weight excluding hydrogens is 255 g/mol. The Balaban J connectivity index is 2.73. The van der Waals surface area contributed by atoms with E-state index in [1.54, 1.807) is 6.92 Å². The third kappa shape index (κ3) is 3.83. The van der Waals surface area contributed by atoms with Crippen LogP contribution in [0.4, 0.5) is 4.39 Å². The standard InChI is InChI=1S/C10H8ClFO3S/c1-2-15-9(13)10(14)16-8-4-6(11)3-7(12)5-8/h3-5H,2H2,1H3. The van der Waals surface area contributed by atoms with Gasteiger partial charge in [-0.15, -0.1) is 0 Å². The van der Waals surface area contributed by atoms with E-state index in [1.807, 2.05) is 0 Å². The Morgan fingerprint density at radius 2 is 2.12 bits per heavy atom. The van der Waals surface area contributed by atoms with Crippen LogP contribution in [-0.4, -0.2) is 17.7 Å². The summed E-state index contributed by atoms with van der Waals surface area (Å²) < 4.78 is 17.4. The molecule has 1 rings (SSSR count). The average Bonchev–Trinajstić information content (AvgIpc) is 2.16. The number of halogens is 2. The fourth-order valence-electron chi connectivity index (χ4n) is 0.926. The first-order valence-electron chi connectivity index (χ1n) is 4.38. The molecule has 0 spiro atoms. The summed E-state index contributed by atoms with van der Waals surface area (Å²) >= 11 is 6.18. The number of benzene rings is 1. The van der Waals surface area contributed by atoms with Gasteiger partial charge < -0.3 is 4.74 Å². The van der Waals surface area contributed by atoms with E-state index in [0.29, 0.717) is 11.8 Å². The monoisotopic (exact) mass is 262 g/mol. The Hall–Kier alpha value is -1.07. The maximum Gasteiger partial charge on any atom is 0.386 e. The highest BCUT2D eigenvalue weighted by Gasteiger charge is 2.17. The van der Waals surface area contributed by atoms with E-state index in [-0.39, 0.29) is 16.5 Å². The summed E-state index contributed by atoms with van der Waals surface area (Å²) in [5, 5.41) is -0.636. The molecule has 0 amide bonds. The second kappa shape index (κ2) is 5.86. The fourth-order valence-corrected chi connectivity index (χ4v) is 1.93. The summed E-state index contributed by atoms with van der Waals surface area (Å²) in [6, 6.07) is 3.63. The Labute approximate surface area is 101 Å². The van der Waals surface area contributed by atoms with Crippen molar-refractivity contribution < 1.29 is 18.7 Å². The third-order valence-corrected chi connectivity index (χ3v) is 2.53. The van der Waals surface area contributed by atoms with Crippen LogP contribution in [0.5, 0.6) is 0 Å². The summed E-state index contributed by atoms with van der Waals surface area (Å²) in [5.74, 6) is -1.51. The van der Waals surface area contributed by atoms with Gasteiger partial charge in [0.15, 0.2) is 0 Å². The number of ether oxygens (including phenoxy) is 1. The molecule has 86 valence electrons. The van der Waals surface area contributed by atoms with Gasteiger partial charge in [-0.3, -0.25) is 4.79 Å². The Bertz CT molecular complexity index is 402. The molecule has 0 heterocycles. The fraction of sp³-hybridized carbons (Fsp3) is 0.200. The number of carbonyl (C=O) groups excluding carboxylic acids is 2. The molecule has 0 saturated heterocycles.